The van der Waals surface area contributed by atoms with Gasteiger partial charge in [-0.1, -0.05) is 11.8 Å². The number of rotatable bonds is 5. The molecule has 108 valence electrons. The molecule has 0 aliphatic heterocycles. The zero-order chi connectivity index (χ0) is 14.8. The van der Waals surface area contributed by atoms with E-state index in [1.807, 2.05) is 29.9 Å². The fourth-order valence-corrected chi connectivity index (χ4v) is 2.79. The molecular formula is C13H13N5O2S. The second kappa shape index (κ2) is 5.57. The molecule has 3 aromatic heterocycles. The van der Waals surface area contributed by atoms with Gasteiger partial charge in [0.05, 0.1) is 29.7 Å². The molecule has 0 bridgehead atoms. The number of nitrogens with zero attached hydrogens (tertiary/aromatic N) is 5. The Morgan fingerprint density at radius 3 is 3.00 bits per heavy atom. The van der Waals surface area contributed by atoms with Crippen LogP contribution in [0.25, 0.3) is 11.0 Å². The van der Waals surface area contributed by atoms with Gasteiger partial charge in [-0.2, -0.15) is 5.10 Å². The molecule has 0 amide bonds. The summed E-state index contributed by atoms with van der Waals surface area (Å²) < 4.78 is 3.70. The normalized spacial score (nSPS) is 11.1. The molecule has 0 saturated carbocycles. The van der Waals surface area contributed by atoms with Gasteiger partial charge in [0.2, 0.25) is 0 Å². The van der Waals surface area contributed by atoms with Crippen molar-refractivity contribution in [2.24, 2.45) is 7.05 Å². The van der Waals surface area contributed by atoms with Crippen LogP contribution in [-0.4, -0.2) is 41.1 Å². The molecule has 8 heteroatoms. The van der Waals surface area contributed by atoms with Gasteiger partial charge >= 0.3 is 5.97 Å². The highest BCUT2D eigenvalue weighted by Crippen LogP contribution is 2.24. The number of pyridine rings is 1. The van der Waals surface area contributed by atoms with E-state index >= 15 is 0 Å². The van der Waals surface area contributed by atoms with Crippen LogP contribution in [0.1, 0.15) is 5.69 Å². The third-order valence-electron chi connectivity index (χ3n) is 2.93. The number of carboxylic acid groups (broad SMARTS) is 1. The lowest BCUT2D eigenvalue weighted by atomic mass is 10.4. The fraction of sp³-hybridized carbons (Fsp3) is 0.231. The Hall–Kier alpha value is -2.35. The van der Waals surface area contributed by atoms with Gasteiger partial charge in [-0.3, -0.25) is 14.5 Å². The van der Waals surface area contributed by atoms with Gasteiger partial charge in [-0.25, -0.2) is 4.98 Å². The van der Waals surface area contributed by atoms with Crippen LogP contribution in [0, 0.1) is 0 Å². The molecule has 0 radical (unpaired) electrons. The summed E-state index contributed by atoms with van der Waals surface area (Å²) in [4.78, 5) is 19.3. The van der Waals surface area contributed by atoms with Crippen LogP contribution in [0.4, 0.5) is 0 Å². The van der Waals surface area contributed by atoms with Crippen LogP contribution in [0.15, 0.2) is 35.9 Å². The van der Waals surface area contributed by atoms with Crippen LogP contribution in [0.5, 0.6) is 0 Å². The van der Waals surface area contributed by atoms with E-state index in [2.05, 4.69) is 15.1 Å². The first-order valence-corrected chi connectivity index (χ1v) is 7.25. The van der Waals surface area contributed by atoms with Crippen LogP contribution in [0.2, 0.25) is 0 Å². The van der Waals surface area contributed by atoms with Gasteiger partial charge in [0.25, 0.3) is 0 Å². The monoisotopic (exact) mass is 303 g/mol. The lowest BCUT2D eigenvalue weighted by Crippen LogP contribution is -2.05. The maximum Gasteiger partial charge on any atom is 0.313 e. The molecule has 0 unspecified atom stereocenters. The summed E-state index contributed by atoms with van der Waals surface area (Å²) in [5, 5.41) is 13.9. The highest BCUT2D eigenvalue weighted by molar-refractivity contribution is 7.99. The molecule has 21 heavy (non-hydrogen) atoms. The summed E-state index contributed by atoms with van der Waals surface area (Å²) in [5.41, 5.74) is 2.57. The Morgan fingerprint density at radius 2 is 2.29 bits per heavy atom. The van der Waals surface area contributed by atoms with E-state index in [1.165, 1.54) is 11.8 Å². The van der Waals surface area contributed by atoms with Gasteiger partial charge in [-0.05, 0) is 12.1 Å². The van der Waals surface area contributed by atoms with Gasteiger partial charge in [0, 0.05) is 19.4 Å². The summed E-state index contributed by atoms with van der Waals surface area (Å²) in [7, 11) is 1.86. The highest BCUT2D eigenvalue weighted by atomic mass is 32.2. The van der Waals surface area contributed by atoms with E-state index in [9.17, 15) is 4.79 Å². The van der Waals surface area contributed by atoms with Gasteiger partial charge in [0.15, 0.2) is 5.16 Å². The Morgan fingerprint density at radius 1 is 1.43 bits per heavy atom. The van der Waals surface area contributed by atoms with E-state index in [0.29, 0.717) is 11.7 Å². The second-order valence-electron chi connectivity index (χ2n) is 4.51. The molecule has 0 atom stereocenters. The van der Waals surface area contributed by atoms with Crippen molar-refractivity contribution < 1.29 is 9.90 Å². The van der Waals surface area contributed by atoms with E-state index in [0.717, 1.165) is 16.7 Å². The lowest BCUT2D eigenvalue weighted by Gasteiger charge is -2.06. The SMILES string of the molecule is Cn1ccc(Cn2c(SCC(=O)O)nc3cnccc32)n1. The number of aromatic nitrogens is 5. The molecule has 0 aliphatic rings. The van der Waals surface area contributed by atoms with Crippen LogP contribution < -0.4 is 0 Å². The smallest absolute Gasteiger partial charge is 0.313 e. The Labute approximate surface area is 124 Å². The largest absolute Gasteiger partial charge is 0.481 e. The molecule has 0 saturated heterocycles. The molecule has 3 aromatic rings. The first-order valence-electron chi connectivity index (χ1n) is 6.27. The minimum atomic E-state index is -0.866. The minimum Gasteiger partial charge on any atom is -0.481 e. The number of aryl methyl sites for hydroxylation is 1. The van der Waals surface area contributed by atoms with E-state index in [-0.39, 0.29) is 5.75 Å². The molecule has 0 aliphatic carbocycles. The number of hydrogen-bond donors (Lipinski definition) is 1. The van der Waals surface area contributed by atoms with Crippen molar-refractivity contribution in [3.63, 3.8) is 0 Å². The number of hydrogen-bond acceptors (Lipinski definition) is 5. The molecule has 0 spiro atoms. The zero-order valence-corrected chi connectivity index (χ0v) is 12.1. The standard InChI is InChI=1S/C13H13N5O2S/c1-17-5-3-9(16-17)7-18-11-2-4-14-6-10(11)15-13(18)21-8-12(19)20/h2-6H,7-8H2,1H3,(H,19,20). The van der Waals surface area contributed by atoms with Crippen molar-refractivity contribution in [1.29, 1.82) is 0 Å². The summed E-state index contributed by atoms with van der Waals surface area (Å²) in [6.07, 6.45) is 5.25. The van der Waals surface area contributed by atoms with Gasteiger partial charge < -0.3 is 9.67 Å². The molecule has 1 N–H and O–H groups in total. The number of thioether (sulfide) groups is 1. The number of fused-ring (bicyclic) bond motifs is 1. The number of aliphatic carboxylic acids is 1. The average Bonchev–Trinajstić information content (AvgIpc) is 3.01. The van der Waals surface area contributed by atoms with Gasteiger partial charge in [-0.15, -0.1) is 0 Å². The fourth-order valence-electron chi connectivity index (χ4n) is 2.06. The van der Waals surface area contributed by atoms with Crippen molar-refractivity contribution in [1.82, 2.24) is 24.3 Å². The van der Waals surface area contributed by atoms with E-state index < -0.39 is 5.97 Å². The zero-order valence-electron chi connectivity index (χ0n) is 11.3. The Balaban J connectivity index is 2.00. The van der Waals surface area contributed by atoms with Crippen LogP contribution in [-0.2, 0) is 18.4 Å². The van der Waals surface area contributed by atoms with Crippen molar-refractivity contribution >= 4 is 28.8 Å². The molecule has 0 aromatic carbocycles. The maximum absolute atomic E-state index is 10.8. The maximum atomic E-state index is 10.8. The van der Waals surface area contributed by atoms with E-state index in [4.69, 9.17) is 5.11 Å². The second-order valence-corrected chi connectivity index (χ2v) is 5.45. The predicted molar refractivity (Wildman–Crippen MR) is 78.2 cm³/mol. The number of imidazole rings is 1. The lowest BCUT2D eigenvalue weighted by molar-refractivity contribution is -0.133. The molecule has 3 heterocycles. The highest BCUT2D eigenvalue weighted by Gasteiger charge is 2.14. The van der Waals surface area contributed by atoms with Crippen LogP contribution in [0.3, 0.4) is 0 Å². The van der Waals surface area contributed by atoms with Crippen molar-refractivity contribution in [2.75, 3.05) is 5.75 Å². The topological polar surface area (TPSA) is 85.8 Å². The number of carbonyl (C=O) groups is 1. The Bertz CT molecular complexity index is 795. The van der Waals surface area contributed by atoms with Crippen molar-refractivity contribution in [3.05, 3.63) is 36.4 Å². The third-order valence-corrected chi connectivity index (χ3v) is 3.89. The van der Waals surface area contributed by atoms with Gasteiger partial charge in [0.1, 0.15) is 5.52 Å². The summed E-state index contributed by atoms with van der Waals surface area (Å²) in [6, 6.07) is 3.80. The Kier molecular flexibility index (Phi) is 3.61. The summed E-state index contributed by atoms with van der Waals surface area (Å²) >= 11 is 1.20. The van der Waals surface area contributed by atoms with Crippen molar-refractivity contribution in [2.45, 2.75) is 11.7 Å². The third kappa shape index (κ3) is 2.89. The van der Waals surface area contributed by atoms with E-state index in [1.54, 1.807) is 17.1 Å². The first kappa shape index (κ1) is 13.6. The quantitative estimate of drug-likeness (QED) is 0.717. The summed E-state index contributed by atoms with van der Waals surface area (Å²) in [6.45, 7) is 0.545. The number of carboxylic acids is 1. The summed E-state index contributed by atoms with van der Waals surface area (Å²) in [5.74, 6) is -0.895. The molecule has 7 nitrogen and oxygen atoms in total. The minimum absolute atomic E-state index is 0.0288. The average molecular weight is 303 g/mol. The van der Waals surface area contributed by atoms with Crippen molar-refractivity contribution in [3.8, 4) is 0 Å². The molecular weight excluding hydrogens is 290 g/mol. The first-order chi connectivity index (χ1) is 10.1. The van der Waals surface area contributed by atoms with Crippen LogP contribution >= 0.6 is 11.8 Å². The molecule has 0 fully saturated rings. The molecule has 3 rings (SSSR count). The predicted octanol–water partition coefficient (Wildman–Crippen LogP) is 1.39.